The van der Waals surface area contributed by atoms with E-state index in [4.69, 9.17) is 0 Å². The summed E-state index contributed by atoms with van der Waals surface area (Å²) in [5.74, 6) is 4.34. The first-order valence-electron chi connectivity index (χ1n) is 14.1. The molecule has 0 amide bonds. The maximum atomic E-state index is 4.00. The summed E-state index contributed by atoms with van der Waals surface area (Å²) in [5.41, 5.74) is 6.38. The Morgan fingerprint density at radius 3 is 2.61 bits per heavy atom. The third-order valence-corrected chi connectivity index (χ3v) is 9.86. The van der Waals surface area contributed by atoms with Crippen LogP contribution in [-0.4, -0.2) is 0 Å². The Balaban J connectivity index is 0.00000149. The number of terminal acetylenes is 1. The summed E-state index contributed by atoms with van der Waals surface area (Å²) < 4.78 is 0. The minimum Gasteiger partial charge on any atom is -0.124 e. The molecule has 4 aliphatic carbocycles. The van der Waals surface area contributed by atoms with Crippen molar-refractivity contribution in [2.75, 3.05) is 0 Å². The highest BCUT2D eigenvalue weighted by Crippen LogP contribution is 2.60. The lowest BCUT2D eigenvalue weighted by Gasteiger charge is -2.44. The van der Waals surface area contributed by atoms with E-state index < -0.39 is 0 Å². The van der Waals surface area contributed by atoms with E-state index in [1.165, 1.54) is 77.0 Å². The molecule has 0 nitrogen and oxygen atoms in total. The Labute approximate surface area is 206 Å². The van der Waals surface area contributed by atoms with Gasteiger partial charge in [-0.15, -0.1) is 12.8 Å². The molecule has 0 bridgehead atoms. The summed E-state index contributed by atoms with van der Waals surface area (Å²) in [6.07, 6.45) is 32.5. The molecule has 33 heavy (non-hydrogen) atoms. The lowest BCUT2D eigenvalue weighted by molar-refractivity contribution is 0.0920. The van der Waals surface area contributed by atoms with Crippen molar-refractivity contribution in [1.82, 2.24) is 0 Å². The molecule has 3 fully saturated rings. The van der Waals surface area contributed by atoms with Gasteiger partial charge in [0.25, 0.3) is 0 Å². The molecule has 0 spiro atoms. The highest BCUT2D eigenvalue weighted by Gasteiger charge is 2.50. The minimum absolute atomic E-state index is 0.488. The van der Waals surface area contributed by atoms with Crippen LogP contribution in [0.5, 0.6) is 0 Å². The van der Waals surface area contributed by atoms with E-state index in [1.807, 2.05) is 5.57 Å². The third kappa shape index (κ3) is 6.08. The second-order valence-electron chi connectivity index (χ2n) is 13.4. The first-order chi connectivity index (χ1) is 15.7. The molecule has 184 valence electrons. The van der Waals surface area contributed by atoms with E-state index in [0.29, 0.717) is 10.8 Å². The quantitative estimate of drug-likeness (QED) is 0.290. The van der Waals surface area contributed by atoms with E-state index in [0.717, 1.165) is 29.6 Å². The average Bonchev–Trinajstić information content (AvgIpc) is 3.37. The molecule has 0 N–H and O–H groups in total. The van der Waals surface area contributed by atoms with Crippen LogP contribution in [0.1, 0.15) is 119 Å². The third-order valence-electron chi connectivity index (χ3n) is 9.86. The van der Waals surface area contributed by atoms with Gasteiger partial charge in [0, 0.05) is 0 Å². The Morgan fingerprint density at radius 1 is 1.12 bits per heavy atom. The number of hydrogen-bond donors (Lipinski definition) is 0. The van der Waals surface area contributed by atoms with Crippen LogP contribution >= 0.6 is 0 Å². The van der Waals surface area contributed by atoms with Crippen LogP contribution in [0, 0.1) is 53.3 Å². The highest BCUT2D eigenvalue weighted by molar-refractivity contribution is 5.30. The Kier molecular flexibility index (Phi) is 8.81. The summed E-state index contributed by atoms with van der Waals surface area (Å²) in [5, 5.41) is 0. The molecule has 6 atom stereocenters. The molecule has 0 aromatic rings. The first-order valence-corrected chi connectivity index (χ1v) is 14.1. The van der Waals surface area contributed by atoms with Crippen molar-refractivity contribution in [3.05, 3.63) is 34.9 Å². The van der Waals surface area contributed by atoms with Crippen molar-refractivity contribution in [2.24, 2.45) is 40.4 Å². The fourth-order valence-electron chi connectivity index (χ4n) is 8.25. The zero-order chi connectivity index (χ0) is 24.2. The van der Waals surface area contributed by atoms with Crippen LogP contribution in [0.15, 0.2) is 34.9 Å². The molecule has 4 aliphatic rings. The van der Waals surface area contributed by atoms with Gasteiger partial charge in [0.2, 0.25) is 0 Å². The van der Waals surface area contributed by atoms with Crippen molar-refractivity contribution in [1.29, 1.82) is 0 Å². The van der Waals surface area contributed by atoms with Gasteiger partial charge in [-0.25, -0.2) is 0 Å². The van der Waals surface area contributed by atoms with Crippen molar-refractivity contribution >= 4 is 0 Å². The lowest BCUT2D eigenvalue weighted by Crippen LogP contribution is -2.36. The Bertz CT molecular complexity index is 766. The molecule has 3 saturated carbocycles. The molecule has 0 aromatic heterocycles. The average molecular weight is 449 g/mol. The van der Waals surface area contributed by atoms with Gasteiger partial charge in [-0.05, 0) is 105 Å². The van der Waals surface area contributed by atoms with Gasteiger partial charge in [0.1, 0.15) is 0 Å². The van der Waals surface area contributed by atoms with Gasteiger partial charge in [-0.1, -0.05) is 89.3 Å². The summed E-state index contributed by atoms with van der Waals surface area (Å²) in [7, 11) is 0. The van der Waals surface area contributed by atoms with Crippen LogP contribution in [0.4, 0.5) is 0 Å². The maximum Gasteiger partial charge on any atom is -0.0143 e. The number of hydrogen-bond acceptors (Lipinski definition) is 0. The highest BCUT2D eigenvalue weighted by atomic mass is 14.5. The standard InChI is InChI=1S/C31H50.C2H2/c1-22(10-8-18-30(3,4)5)28-16-17-29-25(12-9-19-31(28,29)6)15-14-24-20-23(2)27-13-7-11-26(27)21-24;1-2/h13-15,22-23,26,28-29H,7-12,16-21H2,1-6H3;1-2H/b24-14-,25-15+;/t22-,23-,26+,28?,29?,31-;/m1./s1. The monoisotopic (exact) mass is 448 g/mol. The number of rotatable bonds is 5. The molecule has 0 aliphatic heterocycles. The molecular weight excluding hydrogens is 396 g/mol. The fourth-order valence-corrected chi connectivity index (χ4v) is 8.25. The van der Waals surface area contributed by atoms with Crippen LogP contribution < -0.4 is 0 Å². The van der Waals surface area contributed by atoms with Gasteiger partial charge < -0.3 is 0 Å². The topological polar surface area (TPSA) is 0 Å². The van der Waals surface area contributed by atoms with E-state index >= 15 is 0 Å². The van der Waals surface area contributed by atoms with E-state index in [-0.39, 0.29) is 0 Å². The predicted molar refractivity (Wildman–Crippen MR) is 146 cm³/mol. The second kappa shape index (κ2) is 11.0. The van der Waals surface area contributed by atoms with E-state index in [9.17, 15) is 0 Å². The lowest BCUT2D eigenvalue weighted by atomic mass is 9.60. The van der Waals surface area contributed by atoms with E-state index in [1.54, 1.807) is 11.1 Å². The Morgan fingerprint density at radius 2 is 1.88 bits per heavy atom. The zero-order valence-electron chi connectivity index (χ0n) is 22.8. The van der Waals surface area contributed by atoms with Gasteiger partial charge in [0.15, 0.2) is 0 Å². The van der Waals surface area contributed by atoms with Crippen molar-refractivity contribution in [2.45, 2.75) is 119 Å². The molecule has 0 heteroatoms. The van der Waals surface area contributed by atoms with Crippen LogP contribution in [0.3, 0.4) is 0 Å². The predicted octanol–water partition coefficient (Wildman–Crippen LogP) is 9.92. The fraction of sp³-hybridized carbons (Fsp3) is 0.758. The molecule has 4 rings (SSSR count). The number of allylic oxidation sites excluding steroid dienone is 6. The molecule has 2 unspecified atom stereocenters. The molecule has 0 radical (unpaired) electrons. The van der Waals surface area contributed by atoms with Gasteiger partial charge in [-0.3, -0.25) is 0 Å². The van der Waals surface area contributed by atoms with Gasteiger partial charge in [-0.2, -0.15) is 0 Å². The largest absolute Gasteiger partial charge is 0.124 e. The van der Waals surface area contributed by atoms with Crippen LogP contribution in [0.25, 0.3) is 0 Å². The van der Waals surface area contributed by atoms with Crippen LogP contribution in [0.2, 0.25) is 0 Å². The Hall–Kier alpha value is -1.22. The summed E-state index contributed by atoms with van der Waals surface area (Å²) in [6, 6.07) is 0. The molecular formula is C33H52. The van der Waals surface area contributed by atoms with E-state index in [2.05, 4.69) is 72.6 Å². The normalized spacial score (nSPS) is 37.2. The minimum atomic E-state index is 0.488. The zero-order valence-corrected chi connectivity index (χ0v) is 22.8. The summed E-state index contributed by atoms with van der Waals surface area (Å²) >= 11 is 0. The van der Waals surface area contributed by atoms with Crippen LogP contribution in [-0.2, 0) is 0 Å². The summed E-state index contributed by atoms with van der Waals surface area (Å²) in [6.45, 7) is 14.9. The maximum absolute atomic E-state index is 4.00. The second-order valence-corrected chi connectivity index (χ2v) is 13.4. The summed E-state index contributed by atoms with van der Waals surface area (Å²) in [4.78, 5) is 0. The van der Waals surface area contributed by atoms with Gasteiger partial charge in [0.05, 0.1) is 0 Å². The van der Waals surface area contributed by atoms with Gasteiger partial charge >= 0.3 is 0 Å². The smallest absolute Gasteiger partial charge is 0.0143 e. The SMILES string of the molecule is C#C.C[C@@H]1C/C(=C/C=C2\CCC[C@@]3(C)C2CCC3[C@H](C)CCCC(C)(C)C)C[C@@H]2CCC=C21. The van der Waals surface area contributed by atoms with Crippen molar-refractivity contribution in [3.63, 3.8) is 0 Å². The number of fused-ring (bicyclic) bond motifs is 2. The molecule has 0 saturated heterocycles. The van der Waals surface area contributed by atoms with Crippen molar-refractivity contribution in [3.8, 4) is 12.8 Å². The van der Waals surface area contributed by atoms with Crippen molar-refractivity contribution < 1.29 is 0 Å². The first kappa shape index (κ1) is 26.4. The molecule has 0 heterocycles. The molecule has 0 aromatic carbocycles.